The zero-order valence-electron chi connectivity index (χ0n) is 24.8. The fraction of sp³-hybridized carbons (Fsp3) is 0.516. The predicted octanol–water partition coefficient (Wildman–Crippen LogP) is 4.51. The number of nitrogens with one attached hydrogen (secondary N) is 5. The quantitative estimate of drug-likeness (QED) is 0.218. The lowest BCUT2D eigenvalue weighted by Crippen LogP contribution is -2.54. The first-order valence-electron chi connectivity index (χ1n) is 14.4. The van der Waals surface area contributed by atoms with E-state index < -0.39 is 11.7 Å². The topological polar surface area (TPSA) is 98.9 Å². The third-order valence-corrected chi connectivity index (χ3v) is 6.69. The van der Waals surface area contributed by atoms with Crippen LogP contribution in [0.1, 0.15) is 58.1 Å². The molecule has 1 saturated heterocycles. The van der Waals surface area contributed by atoms with Gasteiger partial charge in [0.25, 0.3) is 0 Å². The number of nitrogens with zero attached hydrogens (tertiary/aromatic N) is 1. The van der Waals surface area contributed by atoms with E-state index in [1.807, 2.05) is 45.0 Å². The SMILES string of the molecule is C=C(NNC(=O)OC(C)(C)C)c1ccc(C2CNC(CNc3ccc(OCCN(CC)CCC)cc3)NC2)cc1. The summed E-state index contributed by atoms with van der Waals surface area (Å²) < 4.78 is 11.2. The molecule has 0 unspecified atom stereocenters. The van der Waals surface area contributed by atoms with Gasteiger partial charge in [0, 0.05) is 37.8 Å². The Bertz CT molecular complexity index is 1040. The second-order valence-corrected chi connectivity index (χ2v) is 11.1. The van der Waals surface area contributed by atoms with Crippen molar-refractivity contribution < 1.29 is 14.3 Å². The Morgan fingerprint density at radius 1 is 1.00 bits per heavy atom. The Morgan fingerprint density at radius 3 is 2.27 bits per heavy atom. The lowest BCUT2D eigenvalue weighted by atomic mass is 9.95. The highest BCUT2D eigenvalue weighted by Gasteiger charge is 2.21. The third kappa shape index (κ3) is 10.7. The summed E-state index contributed by atoms with van der Waals surface area (Å²) in [6.07, 6.45) is 0.809. The molecule has 2 aromatic carbocycles. The summed E-state index contributed by atoms with van der Waals surface area (Å²) in [5, 5.41) is 10.7. The molecule has 0 bridgehead atoms. The van der Waals surface area contributed by atoms with Crippen LogP contribution in [0.25, 0.3) is 5.70 Å². The zero-order chi connectivity index (χ0) is 29.0. The van der Waals surface area contributed by atoms with Crippen LogP contribution in [0.3, 0.4) is 0 Å². The number of anilines is 1. The van der Waals surface area contributed by atoms with Crippen molar-refractivity contribution in [1.29, 1.82) is 0 Å². The minimum absolute atomic E-state index is 0.188. The van der Waals surface area contributed by atoms with E-state index in [9.17, 15) is 4.79 Å². The Labute approximate surface area is 240 Å². The standard InChI is InChI=1S/C31H48N6O3/c1-7-17-37(8-2)18-19-39-28-15-13-27(14-16-28)32-22-29-33-20-26(21-34-29)25-11-9-24(10-12-25)23(3)35-36-30(38)40-31(4,5)6/h9-16,26,29,32-35H,3,7-8,17-22H2,1-2,4-6H3,(H,36,38). The summed E-state index contributed by atoms with van der Waals surface area (Å²) in [6.45, 7) is 20.2. The molecule has 1 aliphatic rings. The van der Waals surface area contributed by atoms with E-state index in [0.29, 0.717) is 18.2 Å². The molecule has 0 spiro atoms. The number of hydrazine groups is 1. The van der Waals surface area contributed by atoms with Gasteiger partial charge in [0.1, 0.15) is 18.0 Å². The van der Waals surface area contributed by atoms with Gasteiger partial charge < -0.3 is 19.7 Å². The summed E-state index contributed by atoms with van der Waals surface area (Å²) in [4.78, 5) is 14.2. The molecule has 0 aromatic heterocycles. The fourth-order valence-electron chi connectivity index (χ4n) is 4.48. The van der Waals surface area contributed by atoms with Crippen molar-refractivity contribution >= 4 is 17.5 Å². The van der Waals surface area contributed by atoms with Crippen molar-refractivity contribution in [3.8, 4) is 5.75 Å². The number of rotatable bonds is 14. The third-order valence-electron chi connectivity index (χ3n) is 6.69. The number of ether oxygens (including phenoxy) is 2. The molecule has 5 N–H and O–H groups in total. The van der Waals surface area contributed by atoms with Gasteiger partial charge in [0.15, 0.2) is 0 Å². The first-order chi connectivity index (χ1) is 19.2. The van der Waals surface area contributed by atoms with Gasteiger partial charge in [-0.3, -0.25) is 16.1 Å². The molecular weight excluding hydrogens is 504 g/mol. The number of benzene rings is 2. The Morgan fingerprint density at radius 2 is 1.68 bits per heavy atom. The maximum absolute atomic E-state index is 11.8. The molecule has 3 rings (SSSR count). The average Bonchev–Trinajstić information content (AvgIpc) is 2.94. The first-order valence-corrected chi connectivity index (χ1v) is 14.4. The summed E-state index contributed by atoms with van der Waals surface area (Å²) in [7, 11) is 0. The van der Waals surface area contributed by atoms with E-state index in [0.717, 1.165) is 56.3 Å². The van der Waals surface area contributed by atoms with Crippen LogP contribution in [-0.2, 0) is 4.74 Å². The Balaban J connectivity index is 1.36. The second kappa shape index (κ2) is 15.5. The molecule has 1 aliphatic heterocycles. The van der Waals surface area contributed by atoms with Crippen LogP contribution >= 0.6 is 0 Å². The number of hydrogen-bond donors (Lipinski definition) is 5. The number of carbonyl (C=O) groups is 1. The molecule has 1 heterocycles. The normalized spacial score (nSPS) is 17.2. The van der Waals surface area contributed by atoms with Gasteiger partial charge in [0.2, 0.25) is 0 Å². The smallest absolute Gasteiger partial charge is 0.426 e. The van der Waals surface area contributed by atoms with Gasteiger partial charge in [0.05, 0.1) is 11.9 Å². The van der Waals surface area contributed by atoms with Crippen molar-refractivity contribution in [3.63, 3.8) is 0 Å². The van der Waals surface area contributed by atoms with Crippen LogP contribution in [-0.4, -0.2) is 68.6 Å². The minimum Gasteiger partial charge on any atom is -0.492 e. The maximum atomic E-state index is 11.8. The molecule has 9 nitrogen and oxygen atoms in total. The largest absolute Gasteiger partial charge is 0.492 e. The number of carbonyl (C=O) groups excluding carboxylic acids is 1. The highest BCUT2D eigenvalue weighted by atomic mass is 16.6. The number of amides is 1. The van der Waals surface area contributed by atoms with Crippen molar-refractivity contribution in [2.75, 3.05) is 51.2 Å². The summed E-state index contributed by atoms with van der Waals surface area (Å²) in [5.41, 5.74) is 8.59. The predicted molar refractivity (Wildman–Crippen MR) is 163 cm³/mol. The number of likely N-dealkylation sites (N-methyl/N-ethyl adjacent to an activating group) is 1. The molecule has 0 atom stereocenters. The maximum Gasteiger partial charge on any atom is 0.426 e. The summed E-state index contributed by atoms with van der Waals surface area (Å²) in [6, 6.07) is 16.4. The second-order valence-electron chi connectivity index (χ2n) is 11.1. The molecule has 1 fully saturated rings. The molecular formula is C31H48N6O3. The van der Waals surface area contributed by atoms with Gasteiger partial charge >= 0.3 is 6.09 Å². The Hall–Kier alpha value is -3.27. The van der Waals surface area contributed by atoms with Crippen LogP contribution in [0.5, 0.6) is 5.75 Å². The van der Waals surface area contributed by atoms with E-state index in [1.165, 1.54) is 12.0 Å². The monoisotopic (exact) mass is 552 g/mol. The first kappa shape index (κ1) is 31.3. The summed E-state index contributed by atoms with van der Waals surface area (Å²) >= 11 is 0. The van der Waals surface area contributed by atoms with Gasteiger partial charge in [-0.1, -0.05) is 44.7 Å². The zero-order valence-corrected chi connectivity index (χ0v) is 24.8. The molecule has 9 heteroatoms. The highest BCUT2D eigenvalue weighted by Crippen LogP contribution is 2.20. The number of hydrogen-bond acceptors (Lipinski definition) is 8. The highest BCUT2D eigenvalue weighted by molar-refractivity contribution is 5.70. The van der Waals surface area contributed by atoms with E-state index in [2.05, 4.69) is 76.4 Å². The van der Waals surface area contributed by atoms with Crippen LogP contribution in [0.2, 0.25) is 0 Å². The summed E-state index contributed by atoms with van der Waals surface area (Å²) in [5.74, 6) is 1.27. The molecule has 0 saturated carbocycles. The van der Waals surface area contributed by atoms with E-state index in [1.54, 1.807) is 0 Å². The van der Waals surface area contributed by atoms with E-state index in [-0.39, 0.29) is 6.17 Å². The van der Waals surface area contributed by atoms with Gasteiger partial charge in [-0.25, -0.2) is 10.2 Å². The van der Waals surface area contributed by atoms with Crippen LogP contribution < -0.4 is 31.5 Å². The lowest BCUT2D eigenvalue weighted by Gasteiger charge is -2.32. The van der Waals surface area contributed by atoms with Gasteiger partial charge in [-0.05, 0) is 75.7 Å². The van der Waals surface area contributed by atoms with Crippen molar-refractivity contribution in [2.24, 2.45) is 0 Å². The van der Waals surface area contributed by atoms with Crippen LogP contribution in [0, 0.1) is 0 Å². The molecule has 1 amide bonds. The molecule has 220 valence electrons. The minimum atomic E-state index is -0.558. The van der Waals surface area contributed by atoms with Crippen LogP contribution in [0.4, 0.5) is 10.5 Å². The van der Waals surface area contributed by atoms with E-state index >= 15 is 0 Å². The Kier molecular flexibility index (Phi) is 12.1. The molecule has 0 radical (unpaired) electrons. The van der Waals surface area contributed by atoms with Gasteiger partial charge in [-0.2, -0.15) is 0 Å². The van der Waals surface area contributed by atoms with Crippen molar-refractivity contribution in [3.05, 3.63) is 66.2 Å². The van der Waals surface area contributed by atoms with Crippen molar-refractivity contribution in [2.45, 2.75) is 58.7 Å². The lowest BCUT2D eigenvalue weighted by molar-refractivity contribution is 0.0511. The average molecular weight is 553 g/mol. The molecule has 0 aliphatic carbocycles. The van der Waals surface area contributed by atoms with Crippen LogP contribution in [0.15, 0.2) is 55.1 Å². The fourth-order valence-corrected chi connectivity index (χ4v) is 4.48. The molecule has 40 heavy (non-hydrogen) atoms. The van der Waals surface area contributed by atoms with Gasteiger partial charge in [-0.15, -0.1) is 0 Å². The van der Waals surface area contributed by atoms with E-state index in [4.69, 9.17) is 9.47 Å². The molecule has 2 aromatic rings. The van der Waals surface area contributed by atoms with Crippen molar-refractivity contribution in [1.82, 2.24) is 26.4 Å².